The quantitative estimate of drug-likeness (QED) is 0.775. The maximum absolute atomic E-state index is 11.9. The fourth-order valence-electron chi connectivity index (χ4n) is 1.66. The predicted molar refractivity (Wildman–Crippen MR) is 59.8 cm³/mol. The predicted octanol–water partition coefficient (Wildman–Crippen LogP) is 0.380. The van der Waals surface area contributed by atoms with E-state index in [1.165, 1.54) is 16.2 Å². The summed E-state index contributed by atoms with van der Waals surface area (Å²) in [6.45, 7) is 2.45. The maximum atomic E-state index is 11.9. The number of nitrogens with one attached hydrogen (secondary N) is 1. The van der Waals surface area contributed by atoms with Gasteiger partial charge >= 0.3 is 0 Å². The average molecular weight is 239 g/mol. The molecule has 0 bridgehead atoms. The number of aromatic nitrogens is 1. The lowest BCUT2D eigenvalue weighted by Gasteiger charge is -2.30. The van der Waals surface area contributed by atoms with E-state index in [1.807, 2.05) is 12.3 Å². The van der Waals surface area contributed by atoms with Gasteiger partial charge in [-0.15, -0.1) is 11.3 Å². The van der Waals surface area contributed by atoms with Gasteiger partial charge in [-0.25, -0.2) is 4.98 Å². The summed E-state index contributed by atoms with van der Waals surface area (Å²) in [7, 11) is 0. The van der Waals surface area contributed by atoms with Crippen LogP contribution in [0.4, 0.5) is 0 Å². The topological polar surface area (TPSA) is 62.3 Å². The molecule has 16 heavy (non-hydrogen) atoms. The minimum absolute atomic E-state index is 0.144. The Balaban J connectivity index is 2.11. The van der Waals surface area contributed by atoms with E-state index in [9.17, 15) is 9.59 Å². The minimum Gasteiger partial charge on any atom is -0.297 e. The second-order valence-electron chi connectivity index (χ2n) is 3.59. The van der Waals surface area contributed by atoms with Crippen LogP contribution in [0.3, 0.4) is 0 Å². The zero-order valence-electron chi connectivity index (χ0n) is 8.97. The molecular weight excluding hydrogens is 226 g/mol. The lowest BCUT2D eigenvalue weighted by molar-refractivity contribution is -0.150. The van der Waals surface area contributed by atoms with Gasteiger partial charge in [0, 0.05) is 11.6 Å². The summed E-state index contributed by atoms with van der Waals surface area (Å²) in [4.78, 5) is 28.9. The van der Waals surface area contributed by atoms with Crippen molar-refractivity contribution in [1.82, 2.24) is 15.2 Å². The Kier molecular flexibility index (Phi) is 3.31. The molecule has 0 saturated carbocycles. The van der Waals surface area contributed by atoms with Crippen molar-refractivity contribution in [3.63, 3.8) is 0 Å². The molecule has 1 aromatic rings. The molecule has 2 heterocycles. The van der Waals surface area contributed by atoms with Crippen molar-refractivity contribution in [2.24, 2.45) is 0 Å². The van der Waals surface area contributed by atoms with Crippen LogP contribution in [0.5, 0.6) is 0 Å². The van der Waals surface area contributed by atoms with E-state index in [0.717, 1.165) is 5.01 Å². The van der Waals surface area contributed by atoms with Crippen molar-refractivity contribution in [2.75, 3.05) is 6.54 Å². The number of carbonyl (C=O) groups excluding carboxylic acids is 2. The largest absolute Gasteiger partial charge is 0.297 e. The number of rotatable bonds is 3. The second-order valence-corrected chi connectivity index (χ2v) is 4.56. The highest BCUT2D eigenvalue weighted by Gasteiger charge is 2.32. The van der Waals surface area contributed by atoms with Crippen LogP contribution in [0.15, 0.2) is 11.6 Å². The van der Waals surface area contributed by atoms with Gasteiger partial charge in [-0.2, -0.15) is 0 Å². The Labute approximate surface area is 97.5 Å². The molecule has 1 N–H and O–H groups in total. The molecular formula is C10H13N3O2S. The highest BCUT2D eigenvalue weighted by Crippen LogP contribution is 2.13. The highest BCUT2D eigenvalue weighted by atomic mass is 32.1. The van der Waals surface area contributed by atoms with Gasteiger partial charge < -0.3 is 0 Å². The van der Waals surface area contributed by atoms with E-state index >= 15 is 0 Å². The maximum Gasteiger partial charge on any atom is 0.246 e. The summed E-state index contributed by atoms with van der Waals surface area (Å²) in [5, 5.41) is 5.55. The highest BCUT2D eigenvalue weighted by molar-refractivity contribution is 7.09. The molecule has 0 spiro atoms. The van der Waals surface area contributed by atoms with Crippen LogP contribution in [0.25, 0.3) is 0 Å². The molecule has 86 valence electrons. The first-order valence-electron chi connectivity index (χ1n) is 5.18. The zero-order chi connectivity index (χ0) is 11.5. The van der Waals surface area contributed by atoms with Gasteiger partial charge in [-0.1, -0.05) is 6.92 Å². The van der Waals surface area contributed by atoms with Crippen LogP contribution < -0.4 is 5.32 Å². The number of hydrogen-bond acceptors (Lipinski definition) is 5. The van der Waals surface area contributed by atoms with Crippen molar-refractivity contribution >= 4 is 23.2 Å². The minimum atomic E-state index is -0.238. The third kappa shape index (κ3) is 2.12. The third-order valence-electron chi connectivity index (χ3n) is 2.55. The van der Waals surface area contributed by atoms with E-state index in [2.05, 4.69) is 10.3 Å². The molecule has 1 aliphatic heterocycles. The molecule has 1 aromatic heterocycles. The standard InChI is InChI=1S/C10H13N3O2S/c1-2-7-10(15)13(9(14)5-12-7)6-8-11-3-4-16-8/h3-4,7,12H,2,5-6H2,1H3. The van der Waals surface area contributed by atoms with Gasteiger partial charge in [0.15, 0.2) is 0 Å². The van der Waals surface area contributed by atoms with Crippen LogP contribution in [-0.4, -0.2) is 34.3 Å². The van der Waals surface area contributed by atoms with Gasteiger partial charge in [0.25, 0.3) is 0 Å². The number of carbonyl (C=O) groups is 2. The summed E-state index contributed by atoms with van der Waals surface area (Å²) in [5.41, 5.74) is 0. The molecule has 2 amide bonds. The summed E-state index contributed by atoms with van der Waals surface area (Å²) in [6.07, 6.45) is 2.37. The molecule has 1 saturated heterocycles. The van der Waals surface area contributed by atoms with Crippen LogP contribution in [-0.2, 0) is 16.1 Å². The van der Waals surface area contributed by atoms with Crippen LogP contribution >= 0.6 is 11.3 Å². The van der Waals surface area contributed by atoms with Gasteiger partial charge in [-0.3, -0.25) is 19.8 Å². The van der Waals surface area contributed by atoms with Gasteiger partial charge in [0.05, 0.1) is 19.1 Å². The van der Waals surface area contributed by atoms with Gasteiger partial charge in [0.2, 0.25) is 11.8 Å². The molecule has 0 radical (unpaired) electrons. The lowest BCUT2D eigenvalue weighted by Crippen LogP contribution is -2.57. The van der Waals surface area contributed by atoms with Crippen molar-refractivity contribution in [3.8, 4) is 0 Å². The molecule has 1 aliphatic rings. The molecule has 0 aromatic carbocycles. The van der Waals surface area contributed by atoms with Crippen molar-refractivity contribution in [2.45, 2.75) is 25.9 Å². The normalized spacial score (nSPS) is 21.6. The summed E-state index contributed by atoms with van der Waals surface area (Å²) >= 11 is 1.45. The molecule has 5 nitrogen and oxygen atoms in total. The van der Waals surface area contributed by atoms with Crippen molar-refractivity contribution in [1.29, 1.82) is 0 Å². The molecule has 1 unspecified atom stereocenters. The number of nitrogens with zero attached hydrogens (tertiary/aromatic N) is 2. The number of imide groups is 1. The van der Waals surface area contributed by atoms with Crippen LogP contribution in [0.1, 0.15) is 18.4 Å². The number of piperazine rings is 1. The smallest absolute Gasteiger partial charge is 0.246 e. The molecule has 1 atom stereocenters. The van der Waals surface area contributed by atoms with Crippen LogP contribution in [0, 0.1) is 0 Å². The Bertz CT molecular complexity index is 391. The Morgan fingerprint density at radius 3 is 3.06 bits per heavy atom. The monoisotopic (exact) mass is 239 g/mol. The van der Waals surface area contributed by atoms with E-state index < -0.39 is 0 Å². The van der Waals surface area contributed by atoms with E-state index in [0.29, 0.717) is 13.0 Å². The zero-order valence-corrected chi connectivity index (χ0v) is 9.79. The first kappa shape index (κ1) is 11.2. The van der Waals surface area contributed by atoms with E-state index in [4.69, 9.17) is 0 Å². The van der Waals surface area contributed by atoms with E-state index in [-0.39, 0.29) is 24.4 Å². The molecule has 6 heteroatoms. The van der Waals surface area contributed by atoms with Crippen LogP contribution in [0.2, 0.25) is 0 Å². The fourth-order valence-corrected chi connectivity index (χ4v) is 2.26. The van der Waals surface area contributed by atoms with Gasteiger partial charge in [0.1, 0.15) is 5.01 Å². The summed E-state index contributed by atoms with van der Waals surface area (Å²) < 4.78 is 0. The second kappa shape index (κ2) is 4.71. The Hall–Kier alpha value is -1.27. The third-order valence-corrected chi connectivity index (χ3v) is 3.31. The fraction of sp³-hybridized carbons (Fsp3) is 0.500. The number of hydrogen-bond donors (Lipinski definition) is 1. The summed E-state index contributed by atoms with van der Waals surface area (Å²) in [5.74, 6) is -0.321. The van der Waals surface area contributed by atoms with Crippen molar-refractivity contribution < 1.29 is 9.59 Å². The Morgan fingerprint density at radius 1 is 1.62 bits per heavy atom. The molecule has 2 rings (SSSR count). The first-order chi connectivity index (χ1) is 7.72. The van der Waals surface area contributed by atoms with Gasteiger partial charge in [-0.05, 0) is 6.42 Å². The van der Waals surface area contributed by atoms with E-state index in [1.54, 1.807) is 6.20 Å². The lowest BCUT2D eigenvalue weighted by atomic mass is 10.1. The SMILES string of the molecule is CCC1NCC(=O)N(Cc2nccs2)C1=O. The number of thiazole rings is 1. The molecule has 0 aliphatic carbocycles. The summed E-state index contributed by atoms with van der Waals surface area (Å²) in [6, 6.07) is -0.238. The number of amides is 2. The average Bonchev–Trinajstić information content (AvgIpc) is 2.77. The Morgan fingerprint density at radius 2 is 2.44 bits per heavy atom. The molecule has 1 fully saturated rings. The van der Waals surface area contributed by atoms with Crippen molar-refractivity contribution in [3.05, 3.63) is 16.6 Å². The first-order valence-corrected chi connectivity index (χ1v) is 6.06.